The highest BCUT2D eigenvalue weighted by molar-refractivity contribution is 9.10. The predicted octanol–water partition coefficient (Wildman–Crippen LogP) is 3.49. The fourth-order valence-electron chi connectivity index (χ4n) is 2.16. The Hall–Kier alpha value is -2.01. The number of imidazole rings is 1. The summed E-state index contributed by atoms with van der Waals surface area (Å²) >= 11 is 3.45. The number of nitrogens with zero attached hydrogens (tertiary/aromatic N) is 2. The third-order valence-electron chi connectivity index (χ3n) is 3.08. The molecule has 3 heterocycles. The Kier molecular flexibility index (Phi) is 2.29. The summed E-state index contributed by atoms with van der Waals surface area (Å²) in [6.07, 6.45) is 3.98. The second kappa shape index (κ2) is 3.99. The first-order chi connectivity index (χ1) is 9.29. The van der Waals surface area contributed by atoms with Crippen LogP contribution in [0.1, 0.15) is 0 Å². The largest absolute Gasteiger partial charge is 0.454 e. The van der Waals surface area contributed by atoms with Gasteiger partial charge in [-0.2, -0.15) is 0 Å². The van der Waals surface area contributed by atoms with E-state index in [1.807, 2.05) is 47.1 Å². The Labute approximate surface area is 117 Å². The molecule has 0 radical (unpaired) electrons. The van der Waals surface area contributed by atoms with Crippen molar-refractivity contribution >= 4 is 21.6 Å². The van der Waals surface area contributed by atoms with Crippen LogP contribution in [-0.4, -0.2) is 16.2 Å². The molecule has 19 heavy (non-hydrogen) atoms. The van der Waals surface area contributed by atoms with Crippen LogP contribution in [0.4, 0.5) is 0 Å². The topological polar surface area (TPSA) is 35.8 Å². The lowest BCUT2D eigenvalue weighted by Gasteiger charge is -1.98. The van der Waals surface area contributed by atoms with Gasteiger partial charge in [0.1, 0.15) is 5.65 Å². The summed E-state index contributed by atoms with van der Waals surface area (Å²) in [5.41, 5.74) is 2.84. The van der Waals surface area contributed by atoms with Crippen molar-refractivity contribution in [3.63, 3.8) is 0 Å². The molecule has 5 heteroatoms. The van der Waals surface area contributed by atoms with Gasteiger partial charge in [-0.3, -0.25) is 0 Å². The van der Waals surface area contributed by atoms with E-state index < -0.39 is 0 Å². The van der Waals surface area contributed by atoms with Crippen LogP contribution in [0.3, 0.4) is 0 Å². The van der Waals surface area contributed by atoms with E-state index in [0.717, 1.165) is 32.9 Å². The van der Waals surface area contributed by atoms with Crippen molar-refractivity contribution in [2.75, 3.05) is 6.79 Å². The number of fused-ring (bicyclic) bond motifs is 2. The average molecular weight is 317 g/mol. The average Bonchev–Trinajstić information content (AvgIpc) is 3.02. The summed E-state index contributed by atoms with van der Waals surface area (Å²) in [6.45, 7) is 0.289. The zero-order valence-electron chi connectivity index (χ0n) is 9.84. The van der Waals surface area contributed by atoms with Crippen molar-refractivity contribution in [1.82, 2.24) is 9.38 Å². The normalized spacial score (nSPS) is 13.1. The van der Waals surface area contributed by atoms with Crippen LogP contribution in [0.5, 0.6) is 11.5 Å². The molecule has 94 valence electrons. The van der Waals surface area contributed by atoms with Gasteiger partial charge in [0.25, 0.3) is 0 Å². The highest BCUT2D eigenvalue weighted by atomic mass is 79.9. The molecule has 0 saturated heterocycles. The minimum atomic E-state index is 0.289. The monoisotopic (exact) mass is 316 g/mol. The maximum Gasteiger partial charge on any atom is 0.231 e. The molecule has 1 aliphatic rings. The molecular weight excluding hydrogens is 308 g/mol. The van der Waals surface area contributed by atoms with Crippen LogP contribution in [0.15, 0.2) is 47.2 Å². The molecule has 0 amide bonds. The van der Waals surface area contributed by atoms with Crippen molar-refractivity contribution in [3.05, 3.63) is 47.2 Å². The molecule has 0 atom stereocenters. The van der Waals surface area contributed by atoms with Crippen LogP contribution in [0, 0.1) is 0 Å². The van der Waals surface area contributed by atoms with E-state index in [2.05, 4.69) is 20.9 Å². The molecule has 0 N–H and O–H groups in total. The van der Waals surface area contributed by atoms with E-state index >= 15 is 0 Å². The van der Waals surface area contributed by atoms with Crippen molar-refractivity contribution in [1.29, 1.82) is 0 Å². The molecule has 1 aromatic carbocycles. The first-order valence-corrected chi connectivity index (χ1v) is 6.63. The van der Waals surface area contributed by atoms with E-state index in [4.69, 9.17) is 9.47 Å². The lowest BCUT2D eigenvalue weighted by atomic mass is 10.1. The molecule has 0 saturated carbocycles. The summed E-state index contributed by atoms with van der Waals surface area (Å²) in [5, 5.41) is 0. The number of benzene rings is 1. The number of rotatable bonds is 1. The summed E-state index contributed by atoms with van der Waals surface area (Å²) < 4.78 is 13.7. The highest BCUT2D eigenvalue weighted by Crippen LogP contribution is 2.35. The quantitative estimate of drug-likeness (QED) is 0.689. The van der Waals surface area contributed by atoms with Gasteiger partial charge in [-0.25, -0.2) is 4.98 Å². The van der Waals surface area contributed by atoms with E-state index in [0.29, 0.717) is 0 Å². The summed E-state index contributed by atoms with van der Waals surface area (Å²) in [7, 11) is 0. The summed E-state index contributed by atoms with van der Waals surface area (Å²) in [5.74, 6) is 1.56. The second-order valence-electron chi connectivity index (χ2n) is 4.31. The van der Waals surface area contributed by atoms with E-state index in [1.165, 1.54) is 0 Å². The number of pyridine rings is 1. The van der Waals surface area contributed by atoms with Crippen molar-refractivity contribution in [2.24, 2.45) is 0 Å². The van der Waals surface area contributed by atoms with Gasteiger partial charge in [-0.05, 0) is 46.3 Å². The second-order valence-corrected chi connectivity index (χ2v) is 5.22. The first-order valence-electron chi connectivity index (χ1n) is 5.84. The molecule has 0 aliphatic carbocycles. The lowest BCUT2D eigenvalue weighted by molar-refractivity contribution is 0.174. The Morgan fingerprint density at radius 3 is 2.89 bits per heavy atom. The molecule has 0 fully saturated rings. The molecule has 0 bridgehead atoms. The zero-order chi connectivity index (χ0) is 12.8. The van der Waals surface area contributed by atoms with Crippen LogP contribution >= 0.6 is 15.9 Å². The van der Waals surface area contributed by atoms with E-state index in [1.54, 1.807) is 0 Å². The SMILES string of the molecule is Brc1ccc2nc(-c3ccc4c(c3)OCO4)cn2c1. The van der Waals surface area contributed by atoms with Gasteiger partial charge < -0.3 is 13.9 Å². The molecule has 2 aromatic heterocycles. The smallest absolute Gasteiger partial charge is 0.231 e. The molecule has 4 rings (SSSR count). The summed E-state index contributed by atoms with van der Waals surface area (Å²) in [6, 6.07) is 9.81. The third kappa shape index (κ3) is 1.77. The Morgan fingerprint density at radius 1 is 1.05 bits per heavy atom. The number of hydrogen-bond donors (Lipinski definition) is 0. The van der Waals surface area contributed by atoms with Crippen LogP contribution < -0.4 is 9.47 Å². The standard InChI is InChI=1S/C14H9BrN2O2/c15-10-2-4-14-16-11(7-17(14)6-10)9-1-3-12-13(5-9)19-8-18-12/h1-7H,8H2. The summed E-state index contributed by atoms with van der Waals surface area (Å²) in [4.78, 5) is 4.60. The van der Waals surface area contributed by atoms with E-state index in [-0.39, 0.29) is 6.79 Å². The molecule has 4 nitrogen and oxygen atoms in total. The molecular formula is C14H9BrN2O2. The number of aromatic nitrogens is 2. The minimum Gasteiger partial charge on any atom is -0.454 e. The zero-order valence-corrected chi connectivity index (χ0v) is 11.4. The van der Waals surface area contributed by atoms with Crippen molar-refractivity contribution < 1.29 is 9.47 Å². The molecule has 0 spiro atoms. The van der Waals surface area contributed by atoms with Crippen molar-refractivity contribution in [2.45, 2.75) is 0 Å². The third-order valence-corrected chi connectivity index (χ3v) is 3.55. The molecule has 0 unspecified atom stereocenters. The Bertz CT molecular complexity index is 782. The first kappa shape index (κ1) is 10.9. The van der Waals surface area contributed by atoms with Gasteiger partial charge in [0, 0.05) is 22.4 Å². The fraction of sp³-hybridized carbons (Fsp3) is 0.0714. The van der Waals surface area contributed by atoms with Crippen molar-refractivity contribution in [3.8, 4) is 22.8 Å². The van der Waals surface area contributed by atoms with Gasteiger partial charge in [0.15, 0.2) is 11.5 Å². The molecule has 3 aromatic rings. The van der Waals surface area contributed by atoms with Crippen LogP contribution in [0.2, 0.25) is 0 Å². The number of hydrogen-bond acceptors (Lipinski definition) is 3. The van der Waals surface area contributed by atoms with Gasteiger partial charge in [-0.1, -0.05) is 0 Å². The number of ether oxygens (including phenoxy) is 2. The van der Waals surface area contributed by atoms with Crippen LogP contribution in [-0.2, 0) is 0 Å². The number of halogens is 1. The van der Waals surface area contributed by atoms with E-state index in [9.17, 15) is 0 Å². The fourth-order valence-corrected chi connectivity index (χ4v) is 2.51. The van der Waals surface area contributed by atoms with Gasteiger partial charge >= 0.3 is 0 Å². The van der Waals surface area contributed by atoms with Gasteiger partial charge in [0.2, 0.25) is 6.79 Å². The maximum absolute atomic E-state index is 5.39. The Morgan fingerprint density at radius 2 is 1.95 bits per heavy atom. The van der Waals surface area contributed by atoms with Crippen LogP contribution in [0.25, 0.3) is 16.9 Å². The molecule has 1 aliphatic heterocycles. The van der Waals surface area contributed by atoms with Gasteiger partial charge in [-0.15, -0.1) is 0 Å². The maximum atomic E-state index is 5.39. The lowest BCUT2D eigenvalue weighted by Crippen LogP contribution is -1.92. The van der Waals surface area contributed by atoms with Gasteiger partial charge in [0.05, 0.1) is 5.69 Å². The highest BCUT2D eigenvalue weighted by Gasteiger charge is 2.15. The minimum absolute atomic E-state index is 0.289. The predicted molar refractivity (Wildman–Crippen MR) is 74.5 cm³/mol. The Balaban J connectivity index is 1.85.